The molecule has 0 aliphatic carbocycles. The predicted molar refractivity (Wildman–Crippen MR) is 42.1 cm³/mol. The van der Waals surface area contributed by atoms with E-state index in [0.29, 0.717) is 6.54 Å². The van der Waals surface area contributed by atoms with Gasteiger partial charge in [-0.25, -0.2) is 0 Å². The van der Waals surface area contributed by atoms with Gasteiger partial charge in [-0.3, -0.25) is 15.2 Å². The van der Waals surface area contributed by atoms with E-state index >= 15 is 0 Å². The summed E-state index contributed by atoms with van der Waals surface area (Å²) < 4.78 is 0. The molecule has 1 aromatic heterocycles. The molecule has 1 amide bonds. The Kier molecular flexibility index (Phi) is 1.58. The molecule has 64 valence electrons. The van der Waals surface area contributed by atoms with E-state index < -0.39 is 0 Å². The van der Waals surface area contributed by atoms with E-state index in [-0.39, 0.29) is 12.1 Å². The van der Waals surface area contributed by atoms with Crippen molar-refractivity contribution in [2.45, 2.75) is 6.17 Å². The zero-order chi connectivity index (χ0) is 8.55. The number of nitrogens with one attached hydrogen (secondary N) is 2. The summed E-state index contributed by atoms with van der Waals surface area (Å²) in [7, 11) is 1.77. The summed E-state index contributed by atoms with van der Waals surface area (Å²) in [6.45, 7) is 0.403. The number of likely N-dealkylation sites (N-methyl/N-ethyl adjacent to an activating group) is 1. The lowest BCUT2D eigenvalue weighted by atomic mass is 10.3. The summed E-state index contributed by atoms with van der Waals surface area (Å²) in [6, 6.07) is 1.85. The number of carbonyl (C=O) groups excluding carboxylic acids is 1. The van der Waals surface area contributed by atoms with Gasteiger partial charge in [-0.2, -0.15) is 5.10 Å². The summed E-state index contributed by atoms with van der Waals surface area (Å²) >= 11 is 0. The average Bonchev–Trinajstić information content (AvgIpc) is 2.64. The Morgan fingerprint density at radius 3 is 3.08 bits per heavy atom. The van der Waals surface area contributed by atoms with E-state index in [0.717, 1.165) is 5.69 Å². The minimum absolute atomic E-state index is 0.0417. The Bertz CT molecular complexity index is 282. The highest BCUT2D eigenvalue weighted by Crippen LogP contribution is 2.17. The van der Waals surface area contributed by atoms with Crippen molar-refractivity contribution in [2.24, 2.45) is 0 Å². The van der Waals surface area contributed by atoms with Gasteiger partial charge in [-0.05, 0) is 6.07 Å². The lowest BCUT2D eigenvalue weighted by Crippen LogP contribution is -2.26. The fraction of sp³-hybridized carbons (Fsp3) is 0.429. The number of hydrogen-bond donors (Lipinski definition) is 2. The van der Waals surface area contributed by atoms with Gasteiger partial charge in [0.1, 0.15) is 6.17 Å². The van der Waals surface area contributed by atoms with Crippen LogP contribution in [0.3, 0.4) is 0 Å². The molecule has 2 heterocycles. The van der Waals surface area contributed by atoms with Gasteiger partial charge in [0.25, 0.3) is 0 Å². The second-order valence-corrected chi connectivity index (χ2v) is 2.80. The van der Waals surface area contributed by atoms with Crippen LogP contribution in [0.4, 0.5) is 0 Å². The molecule has 0 bridgehead atoms. The molecule has 1 fully saturated rings. The topological polar surface area (TPSA) is 61.0 Å². The van der Waals surface area contributed by atoms with E-state index in [1.54, 1.807) is 18.1 Å². The molecule has 12 heavy (non-hydrogen) atoms. The maximum absolute atomic E-state index is 11.1. The molecule has 1 saturated heterocycles. The molecule has 1 atom stereocenters. The van der Waals surface area contributed by atoms with Crippen molar-refractivity contribution in [3.8, 4) is 0 Å². The number of amides is 1. The molecule has 1 aliphatic heterocycles. The maximum atomic E-state index is 11.1. The van der Waals surface area contributed by atoms with Gasteiger partial charge in [0.2, 0.25) is 5.91 Å². The predicted octanol–water partition coefficient (Wildman–Crippen LogP) is -0.530. The zero-order valence-corrected chi connectivity index (χ0v) is 6.74. The Labute approximate surface area is 69.8 Å². The molecule has 1 unspecified atom stereocenters. The molecule has 2 N–H and O–H groups in total. The first kappa shape index (κ1) is 7.30. The van der Waals surface area contributed by atoms with Crippen LogP contribution in [0.5, 0.6) is 0 Å². The van der Waals surface area contributed by atoms with Crippen molar-refractivity contribution in [1.82, 2.24) is 20.4 Å². The normalized spacial score (nSPS) is 23.6. The number of H-pyrrole nitrogens is 1. The Hall–Kier alpha value is -1.36. The lowest BCUT2D eigenvalue weighted by molar-refractivity contribution is -0.126. The quantitative estimate of drug-likeness (QED) is 0.589. The molecular weight excluding hydrogens is 156 g/mol. The lowest BCUT2D eigenvalue weighted by Gasteiger charge is -2.17. The number of hydrogen-bond acceptors (Lipinski definition) is 3. The van der Waals surface area contributed by atoms with Gasteiger partial charge in [-0.1, -0.05) is 0 Å². The minimum atomic E-state index is -0.0417. The molecule has 0 saturated carbocycles. The number of nitrogens with zero attached hydrogens (tertiary/aromatic N) is 2. The molecule has 5 heteroatoms. The van der Waals surface area contributed by atoms with Crippen LogP contribution >= 0.6 is 0 Å². The molecule has 1 aliphatic rings. The van der Waals surface area contributed by atoms with Gasteiger partial charge in [0.15, 0.2) is 0 Å². The van der Waals surface area contributed by atoms with Crippen molar-refractivity contribution >= 4 is 5.91 Å². The van der Waals surface area contributed by atoms with E-state index in [1.165, 1.54) is 0 Å². The van der Waals surface area contributed by atoms with Gasteiger partial charge < -0.3 is 4.90 Å². The molecule has 2 rings (SSSR count). The maximum Gasteiger partial charge on any atom is 0.237 e. The molecule has 0 aromatic carbocycles. The third-order valence-corrected chi connectivity index (χ3v) is 2.04. The third-order valence-electron chi connectivity index (χ3n) is 2.04. The van der Waals surface area contributed by atoms with Gasteiger partial charge >= 0.3 is 0 Å². The SMILES string of the molecule is CN1C(=O)CNC1c1ccn[nH]1. The second-order valence-electron chi connectivity index (χ2n) is 2.80. The first-order valence-electron chi connectivity index (χ1n) is 3.77. The first-order valence-corrected chi connectivity index (χ1v) is 3.77. The van der Waals surface area contributed by atoms with E-state index in [9.17, 15) is 4.79 Å². The molecule has 0 spiro atoms. The summed E-state index contributed by atoms with van der Waals surface area (Å²) in [5.74, 6) is 0.106. The smallest absolute Gasteiger partial charge is 0.237 e. The average molecular weight is 166 g/mol. The van der Waals surface area contributed by atoms with E-state index in [1.807, 2.05) is 6.07 Å². The van der Waals surface area contributed by atoms with Crippen LogP contribution in [0.1, 0.15) is 11.9 Å². The van der Waals surface area contributed by atoms with Crippen LogP contribution in [-0.2, 0) is 4.79 Å². The van der Waals surface area contributed by atoms with E-state index in [4.69, 9.17) is 0 Å². The van der Waals surface area contributed by atoms with Crippen LogP contribution < -0.4 is 5.32 Å². The molecule has 5 nitrogen and oxygen atoms in total. The summed E-state index contributed by atoms with van der Waals surface area (Å²) in [4.78, 5) is 12.8. The van der Waals surface area contributed by atoms with Crippen LogP contribution in [0.25, 0.3) is 0 Å². The van der Waals surface area contributed by atoms with Crippen LogP contribution in [0.2, 0.25) is 0 Å². The highest BCUT2D eigenvalue weighted by Gasteiger charge is 2.28. The molecular formula is C7H10N4O. The zero-order valence-electron chi connectivity index (χ0n) is 6.74. The van der Waals surface area contributed by atoms with Crippen molar-refractivity contribution < 1.29 is 4.79 Å². The second kappa shape index (κ2) is 2.60. The highest BCUT2D eigenvalue weighted by molar-refractivity contribution is 5.80. The fourth-order valence-electron chi connectivity index (χ4n) is 1.33. The Morgan fingerprint density at radius 1 is 1.75 bits per heavy atom. The van der Waals surface area contributed by atoms with Crippen molar-refractivity contribution in [3.63, 3.8) is 0 Å². The number of aromatic amines is 1. The largest absolute Gasteiger partial charge is 0.323 e. The summed E-state index contributed by atoms with van der Waals surface area (Å²) in [6.07, 6.45) is 1.63. The van der Waals surface area contributed by atoms with Crippen molar-refractivity contribution in [2.75, 3.05) is 13.6 Å². The fourth-order valence-corrected chi connectivity index (χ4v) is 1.33. The molecule has 0 radical (unpaired) electrons. The van der Waals surface area contributed by atoms with E-state index in [2.05, 4.69) is 15.5 Å². The van der Waals surface area contributed by atoms with Crippen molar-refractivity contribution in [1.29, 1.82) is 0 Å². The van der Waals surface area contributed by atoms with Crippen LogP contribution in [0.15, 0.2) is 12.3 Å². The minimum Gasteiger partial charge on any atom is -0.323 e. The standard InChI is InChI=1S/C7H10N4O/c1-11-6(12)4-8-7(11)5-2-3-9-10-5/h2-3,7-8H,4H2,1H3,(H,9,10). The third kappa shape index (κ3) is 0.984. The van der Waals surface area contributed by atoms with Crippen LogP contribution in [0, 0.1) is 0 Å². The highest BCUT2D eigenvalue weighted by atomic mass is 16.2. The van der Waals surface area contributed by atoms with Gasteiger partial charge in [0.05, 0.1) is 12.2 Å². The number of aromatic nitrogens is 2. The first-order chi connectivity index (χ1) is 5.79. The van der Waals surface area contributed by atoms with Crippen molar-refractivity contribution in [3.05, 3.63) is 18.0 Å². The summed E-state index contributed by atoms with van der Waals surface area (Å²) in [5, 5.41) is 9.71. The molecule has 1 aromatic rings. The Morgan fingerprint density at radius 2 is 2.58 bits per heavy atom. The Balaban J connectivity index is 2.21. The van der Waals surface area contributed by atoms with Gasteiger partial charge in [0, 0.05) is 13.2 Å². The monoisotopic (exact) mass is 166 g/mol. The van der Waals surface area contributed by atoms with Crippen LogP contribution in [-0.4, -0.2) is 34.6 Å². The number of carbonyl (C=O) groups is 1. The van der Waals surface area contributed by atoms with Gasteiger partial charge in [-0.15, -0.1) is 0 Å². The number of rotatable bonds is 1. The summed E-state index contributed by atoms with van der Waals surface area (Å²) in [5.41, 5.74) is 0.920.